The molecule has 1 aromatic carbocycles. The van der Waals surface area contributed by atoms with Crippen LogP contribution in [0.1, 0.15) is 31.2 Å². The van der Waals surface area contributed by atoms with Crippen molar-refractivity contribution < 1.29 is 9.53 Å². The minimum absolute atomic E-state index is 0.119. The van der Waals surface area contributed by atoms with Gasteiger partial charge in [-0.05, 0) is 35.9 Å². The average Bonchev–Trinajstić information content (AvgIpc) is 2.92. The fourth-order valence-electron chi connectivity index (χ4n) is 2.20. The second-order valence-corrected chi connectivity index (χ2v) is 4.98. The molecule has 2 rings (SSSR count). The van der Waals surface area contributed by atoms with Gasteiger partial charge < -0.3 is 15.0 Å². The van der Waals surface area contributed by atoms with E-state index >= 15 is 0 Å². The van der Waals surface area contributed by atoms with Crippen molar-refractivity contribution in [3.8, 4) is 0 Å². The van der Waals surface area contributed by atoms with Gasteiger partial charge in [-0.25, -0.2) is 0 Å². The van der Waals surface area contributed by atoms with Crippen LogP contribution in [0.2, 0.25) is 0 Å². The highest BCUT2D eigenvalue weighted by Crippen LogP contribution is 2.14. The lowest BCUT2D eigenvalue weighted by Crippen LogP contribution is -2.22. The van der Waals surface area contributed by atoms with Crippen LogP contribution in [0.5, 0.6) is 0 Å². The van der Waals surface area contributed by atoms with Gasteiger partial charge in [0, 0.05) is 38.4 Å². The molecule has 1 amide bonds. The molecular formula is C16H22N2O2. The number of ether oxygens (including phenoxy) is 1. The summed E-state index contributed by atoms with van der Waals surface area (Å²) in [7, 11) is 1.70. The number of hydrogen-bond acceptors (Lipinski definition) is 2. The number of unbranched alkanes of at least 4 members (excludes halogenated alkanes) is 2. The molecule has 1 heterocycles. The van der Waals surface area contributed by atoms with Crippen LogP contribution in [0.3, 0.4) is 0 Å². The molecule has 108 valence electrons. The quantitative estimate of drug-likeness (QED) is 0.727. The number of rotatable bonds is 8. The van der Waals surface area contributed by atoms with E-state index in [9.17, 15) is 4.79 Å². The molecule has 0 aliphatic carbocycles. The number of amides is 1. The molecule has 2 N–H and O–H groups in total. The minimum Gasteiger partial charge on any atom is -0.385 e. The lowest BCUT2D eigenvalue weighted by Gasteiger charge is -2.06. The lowest BCUT2D eigenvalue weighted by atomic mass is 10.1. The highest BCUT2D eigenvalue weighted by atomic mass is 16.5. The van der Waals surface area contributed by atoms with Crippen LogP contribution in [0.4, 0.5) is 0 Å². The Morgan fingerprint density at radius 2 is 2.15 bits per heavy atom. The normalized spacial score (nSPS) is 10.8. The van der Waals surface area contributed by atoms with Gasteiger partial charge in [-0.3, -0.25) is 4.79 Å². The molecule has 1 aromatic heterocycles. The molecular weight excluding hydrogens is 252 g/mol. The number of fused-ring (bicyclic) bond motifs is 1. The molecule has 0 unspecified atom stereocenters. The molecule has 0 bridgehead atoms. The summed E-state index contributed by atoms with van der Waals surface area (Å²) in [4.78, 5) is 14.9. The molecule has 0 saturated carbocycles. The summed E-state index contributed by atoms with van der Waals surface area (Å²) in [5, 5.41) is 4.16. The summed E-state index contributed by atoms with van der Waals surface area (Å²) in [5.41, 5.74) is 2.23. The van der Waals surface area contributed by atoms with Gasteiger partial charge in [-0.15, -0.1) is 0 Å². The number of hydrogen-bond donors (Lipinski definition) is 2. The summed E-state index contributed by atoms with van der Waals surface area (Å²) in [6, 6.07) is 8.24. The third kappa shape index (κ3) is 4.38. The molecule has 4 heteroatoms. The molecule has 0 saturated heterocycles. The van der Waals surface area contributed by atoms with Crippen molar-refractivity contribution in [1.29, 1.82) is 0 Å². The number of aromatic amines is 1. The number of carbonyl (C=O) groups excluding carboxylic acids is 1. The van der Waals surface area contributed by atoms with Crippen molar-refractivity contribution in [1.82, 2.24) is 10.3 Å². The van der Waals surface area contributed by atoms with Crippen molar-refractivity contribution in [3.05, 3.63) is 36.0 Å². The number of benzene rings is 1. The third-order valence-electron chi connectivity index (χ3n) is 3.36. The molecule has 20 heavy (non-hydrogen) atoms. The van der Waals surface area contributed by atoms with E-state index in [0.29, 0.717) is 13.0 Å². The monoisotopic (exact) mass is 274 g/mol. The predicted octanol–water partition coefficient (Wildman–Crippen LogP) is 2.99. The van der Waals surface area contributed by atoms with Gasteiger partial charge in [0.15, 0.2) is 0 Å². The predicted molar refractivity (Wildman–Crippen MR) is 80.5 cm³/mol. The molecule has 2 aromatic rings. The number of aromatic nitrogens is 1. The van der Waals surface area contributed by atoms with Gasteiger partial charge in [0.2, 0.25) is 5.91 Å². The van der Waals surface area contributed by atoms with E-state index in [1.54, 1.807) is 7.11 Å². The second kappa shape index (κ2) is 7.70. The Bertz CT molecular complexity index is 548. The molecule has 0 spiro atoms. The lowest BCUT2D eigenvalue weighted by molar-refractivity contribution is -0.121. The summed E-state index contributed by atoms with van der Waals surface area (Å²) < 4.78 is 4.98. The maximum atomic E-state index is 11.7. The molecule has 0 aliphatic heterocycles. The molecule has 0 atom stereocenters. The summed E-state index contributed by atoms with van der Waals surface area (Å²) in [6.07, 6.45) is 5.50. The standard InChI is InChI=1S/C16H22N2O2/c1-20-10-4-2-3-5-16(19)18-12-13-6-7-14-8-9-17-15(14)11-13/h6-9,11,17H,2-5,10,12H2,1H3,(H,18,19). The van der Waals surface area contributed by atoms with Gasteiger partial charge in [0.1, 0.15) is 0 Å². The Labute approximate surface area is 119 Å². The molecule has 4 nitrogen and oxygen atoms in total. The Balaban J connectivity index is 1.70. The van der Waals surface area contributed by atoms with E-state index in [1.807, 2.05) is 12.3 Å². The Kier molecular flexibility index (Phi) is 5.62. The van der Waals surface area contributed by atoms with Gasteiger partial charge in [-0.1, -0.05) is 18.6 Å². The van der Waals surface area contributed by atoms with Crippen LogP contribution in [0, 0.1) is 0 Å². The first-order chi connectivity index (χ1) is 9.79. The van der Waals surface area contributed by atoms with Crippen molar-refractivity contribution in [2.75, 3.05) is 13.7 Å². The summed E-state index contributed by atoms with van der Waals surface area (Å²) >= 11 is 0. The smallest absolute Gasteiger partial charge is 0.220 e. The number of carbonyl (C=O) groups is 1. The highest BCUT2D eigenvalue weighted by molar-refractivity contribution is 5.80. The van der Waals surface area contributed by atoms with E-state index in [0.717, 1.165) is 36.9 Å². The van der Waals surface area contributed by atoms with Crippen LogP contribution in [0.25, 0.3) is 10.9 Å². The largest absolute Gasteiger partial charge is 0.385 e. The van der Waals surface area contributed by atoms with Gasteiger partial charge in [-0.2, -0.15) is 0 Å². The van der Waals surface area contributed by atoms with Crippen LogP contribution in [-0.2, 0) is 16.1 Å². The number of H-pyrrole nitrogens is 1. The van der Waals surface area contributed by atoms with E-state index in [2.05, 4.69) is 28.5 Å². The van der Waals surface area contributed by atoms with Crippen molar-refractivity contribution in [2.45, 2.75) is 32.2 Å². The average molecular weight is 274 g/mol. The summed E-state index contributed by atoms with van der Waals surface area (Å²) in [6.45, 7) is 1.36. The number of nitrogens with one attached hydrogen (secondary N) is 2. The first kappa shape index (κ1) is 14.6. The topological polar surface area (TPSA) is 54.1 Å². The van der Waals surface area contributed by atoms with Crippen LogP contribution in [0.15, 0.2) is 30.5 Å². The fourth-order valence-corrected chi connectivity index (χ4v) is 2.20. The Morgan fingerprint density at radius 3 is 3.00 bits per heavy atom. The first-order valence-corrected chi connectivity index (χ1v) is 7.11. The van der Waals surface area contributed by atoms with E-state index < -0.39 is 0 Å². The SMILES string of the molecule is COCCCCCC(=O)NCc1ccc2cc[nH]c2c1. The Morgan fingerprint density at radius 1 is 1.25 bits per heavy atom. The zero-order chi connectivity index (χ0) is 14.2. The number of methoxy groups -OCH3 is 1. The van der Waals surface area contributed by atoms with Crippen molar-refractivity contribution in [2.24, 2.45) is 0 Å². The minimum atomic E-state index is 0.119. The first-order valence-electron chi connectivity index (χ1n) is 7.11. The fraction of sp³-hybridized carbons (Fsp3) is 0.438. The van der Waals surface area contributed by atoms with Crippen LogP contribution in [-0.4, -0.2) is 24.6 Å². The molecule has 0 aliphatic rings. The highest BCUT2D eigenvalue weighted by Gasteiger charge is 2.02. The van der Waals surface area contributed by atoms with E-state index in [-0.39, 0.29) is 5.91 Å². The zero-order valence-electron chi connectivity index (χ0n) is 11.9. The zero-order valence-corrected chi connectivity index (χ0v) is 11.9. The van der Waals surface area contributed by atoms with Crippen molar-refractivity contribution >= 4 is 16.8 Å². The van der Waals surface area contributed by atoms with Crippen LogP contribution >= 0.6 is 0 Å². The van der Waals surface area contributed by atoms with Gasteiger partial charge >= 0.3 is 0 Å². The van der Waals surface area contributed by atoms with Crippen LogP contribution < -0.4 is 5.32 Å². The van der Waals surface area contributed by atoms with E-state index in [1.165, 1.54) is 5.39 Å². The maximum Gasteiger partial charge on any atom is 0.220 e. The van der Waals surface area contributed by atoms with Crippen molar-refractivity contribution in [3.63, 3.8) is 0 Å². The molecule has 0 fully saturated rings. The van der Waals surface area contributed by atoms with Gasteiger partial charge in [0.05, 0.1) is 0 Å². The molecule has 0 radical (unpaired) electrons. The maximum absolute atomic E-state index is 11.7. The van der Waals surface area contributed by atoms with Gasteiger partial charge in [0.25, 0.3) is 0 Å². The van der Waals surface area contributed by atoms with E-state index in [4.69, 9.17) is 4.74 Å². The Hall–Kier alpha value is -1.81. The third-order valence-corrected chi connectivity index (χ3v) is 3.36. The summed E-state index contributed by atoms with van der Waals surface area (Å²) in [5.74, 6) is 0.119. The second-order valence-electron chi connectivity index (χ2n) is 4.98.